The highest BCUT2D eigenvalue weighted by Crippen LogP contribution is 2.33. The van der Waals surface area contributed by atoms with E-state index in [1.54, 1.807) is 17.0 Å². The third-order valence-corrected chi connectivity index (χ3v) is 4.76. The van der Waals surface area contributed by atoms with Crippen molar-refractivity contribution in [3.63, 3.8) is 0 Å². The van der Waals surface area contributed by atoms with Crippen LogP contribution in [0.2, 0.25) is 0 Å². The topological polar surface area (TPSA) is 40.6 Å². The van der Waals surface area contributed by atoms with Crippen molar-refractivity contribution in [3.05, 3.63) is 71.3 Å². The fourth-order valence-corrected chi connectivity index (χ4v) is 3.59. The van der Waals surface area contributed by atoms with Crippen molar-refractivity contribution >= 4 is 11.8 Å². The second-order valence-electron chi connectivity index (χ2n) is 6.10. The summed E-state index contributed by atoms with van der Waals surface area (Å²) in [5, 5.41) is 0. The van der Waals surface area contributed by atoms with E-state index in [0.717, 1.165) is 13.0 Å². The standard InChI is InChI=1S/C19H18N2O2/c22-18-13-20(19(23)15-7-2-1-3-8-15)12-17-16-9-5-4-6-14(16)10-11-21(17)18/h1-9,17H,10-13H2. The molecule has 1 unspecified atom stereocenters. The first-order chi connectivity index (χ1) is 11.2. The van der Waals surface area contributed by atoms with Gasteiger partial charge in [-0.2, -0.15) is 0 Å². The molecule has 4 rings (SSSR count). The van der Waals surface area contributed by atoms with Crippen LogP contribution in [0.5, 0.6) is 0 Å². The molecule has 1 fully saturated rings. The van der Waals surface area contributed by atoms with E-state index in [0.29, 0.717) is 12.1 Å². The minimum atomic E-state index is -0.0679. The van der Waals surface area contributed by atoms with Crippen molar-refractivity contribution in [1.29, 1.82) is 0 Å². The Morgan fingerprint density at radius 1 is 1.00 bits per heavy atom. The average molecular weight is 306 g/mol. The highest BCUT2D eigenvalue weighted by molar-refractivity contribution is 5.97. The molecule has 2 aromatic rings. The van der Waals surface area contributed by atoms with Crippen LogP contribution in [0.15, 0.2) is 54.6 Å². The number of hydrogen-bond donors (Lipinski definition) is 0. The monoisotopic (exact) mass is 306 g/mol. The van der Waals surface area contributed by atoms with Crippen molar-refractivity contribution in [3.8, 4) is 0 Å². The van der Waals surface area contributed by atoms with E-state index < -0.39 is 0 Å². The normalized spacial score (nSPS) is 20.0. The van der Waals surface area contributed by atoms with Crippen LogP contribution in [0.4, 0.5) is 0 Å². The second kappa shape index (κ2) is 5.54. The molecular formula is C19H18N2O2. The molecular weight excluding hydrogens is 288 g/mol. The van der Waals surface area contributed by atoms with Crippen LogP contribution >= 0.6 is 0 Å². The van der Waals surface area contributed by atoms with Gasteiger partial charge in [-0.25, -0.2) is 0 Å². The molecule has 2 amide bonds. The summed E-state index contributed by atoms with van der Waals surface area (Å²) in [6.45, 7) is 1.48. The third kappa shape index (κ3) is 2.40. The van der Waals surface area contributed by atoms with Gasteiger partial charge in [-0.1, -0.05) is 42.5 Å². The minimum Gasteiger partial charge on any atom is -0.332 e. The number of benzene rings is 2. The highest BCUT2D eigenvalue weighted by Gasteiger charge is 2.38. The van der Waals surface area contributed by atoms with Crippen LogP contribution in [0, 0.1) is 0 Å². The van der Waals surface area contributed by atoms with Crippen LogP contribution in [-0.2, 0) is 11.2 Å². The van der Waals surface area contributed by atoms with E-state index in [2.05, 4.69) is 12.1 Å². The first-order valence-corrected chi connectivity index (χ1v) is 7.95. The van der Waals surface area contributed by atoms with Crippen LogP contribution in [0.25, 0.3) is 0 Å². The maximum absolute atomic E-state index is 12.7. The second-order valence-corrected chi connectivity index (χ2v) is 6.10. The van der Waals surface area contributed by atoms with Gasteiger partial charge in [0.25, 0.3) is 5.91 Å². The Bertz CT molecular complexity index is 757. The number of carbonyl (C=O) groups excluding carboxylic acids is 2. The average Bonchev–Trinajstić information content (AvgIpc) is 2.61. The molecule has 116 valence electrons. The first-order valence-electron chi connectivity index (χ1n) is 7.95. The summed E-state index contributed by atoms with van der Waals surface area (Å²) in [5.74, 6) is -0.0262. The Hall–Kier alpha value is -2.62. The van der Waals surface area contributed by atoms with Gasteiger partial charge in [0, 0.05) is 18.7 Å². The largest absolute Gasteiger partial charge is 0.332 e. The summed E-state index contributed by atoms with van der Waals surface area (Å²) in [6.07, 6.45) is 0.894. The van der Waals surface area contributed by atoms with Crippen LogP contribution < -0.4 is 0 Å². The number of fused-ring (bicyclic) bond motifs is 3. The van der Waals surface area contributed by atoms with Gasteiger partial charge in [-0.05, 0) is 29.7 Å². The molecule has 0 aromatic heterocycles. The lowest BCUT2D eigenvalue weighted by Gasteiger charge is -2.44. The minimum absolute atomic E-state index is 0.0196. The fourth-order valence-electron chi connectivity index (χ4n) is 3.59. The van der Waals surface area contributed by atoms with E-state index >= 15 is 0 Å². The van der Waals surface area contributed by atoms with Crippen LogP contribution in [0.1, 0.15) is 27.5 Å². The molecule has 2 heterocycles. The van der Waals surface area contributed by atoms with E-state index in [1.165, 1.54) is 11.1 Å². The van der Waals surface area contributed by atoms with E-state index in [1.807, 2.05) is 35.2 Å². The lowest BCUT2D eigenvalue weighted by Crippen LogP contribution is -2.55. The molecule has 0 radical (unpaired) electrons. The van der Waals surface area contributed by atoms with Crippen molar-refractivity contribution in [2.75, 3.05) is 19.6 Å². The quantitative estimate of drug-likeness (QED) is 0.811. The summed E-state index contributed by atoms with van der Waals surface area (Å²) in [4.78, 5) is 28.8. The molecule has 1 atom stereocenters. The van der Waals surface area contributed by atoms with E-state index in [9.17, 15) is 9.59 Å². The lowest BCUT2D eigenvalue weighted by molar-refractivity contribution is -0.139. The molecule has 0 saturated carbocycles. The SMILES string of the molecule is O=C(c1ccccc1)N1CC(=O)N2CCc3ccccc3C2C1. The molecule has 0 bridgehead atoms. The van der Waals surface area contributed by atoms with Gasteiger partial charge in [0.15, 0.2) is 0 Å². The van der Waals surface area contributed by atoms with E-state index in [-0.39, 0.29) is 24.4 Å². The molecule has 0 aliphatic carbocycles. The lowest BCUT2D eigenvalue weighted by atomic mass is 9.90. The maximum atomic E-state index is 12.7. The Morgan fingerprint density at radius 3 is 2.57 bits per heavy atom. The third-order valence-electron chi connectivity index (χ3n) is 4.76. The fraction of sp³-hybridized carbons (Fsp3) is 0.263. The zero-order chi connectivity index (χ0) is 15.8. The first kappa shape index (κ1) is 14.0. The number of rotatable bonds is 1. The van der Waals surface area contributed by atoms with Gasteiger partial charge in [0.05, 0.1) is 6.04 Å². The summed E-state index contributed by atoms with van der Waals surface area (Å²) in [5.41, 5.74) is 3.10. The summed E-state index contributed by atoms with van der Waals surface area (Å²) < 4.78 is 0. The summed E-state index contributed by atoms with van der Waals surface area (Å²) in [7, 11) is 0. The Kier molecular flexibility index (Phi) is 3.37. The van der Waals surface area contributed by atoms with Crippen molar-refractivity contribution in [1.82, 2.24) is 9.80 Å². The van der Waals surface area contributed by atoms with Gasteiger partial charge in [0.1, 0.15) is 6.54 Å². The number of amides is 2. The van der Waals surface area contributed by atoms with Crippen LogP contribution in [0.3, 0.4) is 0 Å². The van der Waals surface area contributed by atoms with Gasteiger partial charge < -0.3 is 9.80 Å². The molecule has 0 N–H and O–H groups in total. The molecule has 4 nitrogen and oxygen atoms in total. The molecule has 23 heavy (non-hydrogen) atoms. The Balaban J connectivity index is 1.65. The Labute approximate surface area is 135 Å². The number of hydrogen-bond acceptors (Lipinski definition) is 2. The molecule has 4 heteroatoms. The molecule has 2 aromatic carbocycles. The highest BCUT2D eigenvalue weighted by atomic mass is 16.2. The number of carbonyl (C=O) groups is 2. The number of piperazine rings is 1. The van der Waals surface area contributed by atoms with Gasteiger partial charge in [0.2, 0.25) is 5.91 Å². The van der Waals surface area contributed by atoms with Crippen LogP contribution in [-0.4, -0.2) is 41.2 Å². The maximum Gasteiger partial charge on any atom is 0.254 e. The predicted molar refractivity (Wildman–Crippen MR) is 86.9 cm³/mol. The van der Waals surface area contributed by atoms with Crippen molar-refractivity contribution in [2.45, 2.75) is 12.5 Å². The van der Waals surface area contributed by atoms with Gasteiger partial charge in [-0.15, -0.1) is 0 Å². The summed E-state index contributed by atoms with van der Waals surface area (Å²) >= 11 is 0. The zero-order valence-electron chi connectivity index (χ0n) is 12.8. The zero-order valence-corrected chi connectivity index (χ0v) is 12.8. The molecule has 2 aliphatic heterocycles. The molecule has 0 spiro atoms. The Morgan fingerprint density at radius 2 is 1.74 bits per heavy atom. The number of nitrogens with zero attached hydrogens (tertiary/aromatic N) is 2. The molecule has 1 saturated heterocycles. The van der Waals surface area contributed by atoms with Crippen molar-refractivity contribution in [2.24, 2.45) is 0 Å². The van der Waals surface area contributed by atoms with Gasteiger partial charge in [-0.3, -0.25) is 9.59 Å². The predicted octanol–water partition coefficient (Wildman–Crippen LogP) is 2.27. The molecule has 2 aliphatic rings. The van der Waals surface area contributed by atoms with Gasteiger partial charge >= 0.3 is 0 Å². The van der Waals surface area contributed by atoms with E-state index in [4.69, 9.17) is 0 Å². The van der Waals surface area contributed by atoms with Crippen molar-refractivity contribution < 1.29 is 9.59 Å². The smallest absolute Gasteiger partial charge is 0.254 e. The summed E-state index contributed by atoms with van der Waals surface area (Å²) in [6, 6.07) is 17.4.